The predicted molar refractivity (Wildman–Crippen MR) is 142 cm³/mol. The number of anilines is 2. The van der Waals surface area contributed by atoms with Crippen LogP contribution in [0.1, 0.15) is 45.4 Å². The Morgan fingerprint density at radius 3 is 2.53 bits per heavy atom. The molecule has 0 aliphatic carbocycles. The van der Waals surface area contributed by atoms with E-state index in [1.165, 1.54) is 6.26 Å². The standard InChI is InChI=1S/C25H32N8O2S/c1-25(2,3)33-15-19-13-18(14-26-23(19)29-33)20-7-6-8-21(30-36(5,34)35)22(20)32-11-9-17(10-12-32)24-28-27-16-31(24)4/h6-8,13-17,30H,9-12H2,1-5H3. The minimum absolute atomic E-state index is 0.154. The van der Waals surface area contributed by atoms with Crippen LogP contribution in [0.5, 0.6) is 0 Å². The molecule has 10 nitrogen and oxygen atoms in total. The van der Waals surface area contributed by atoms with Crippen LogP contribution < -0.4 is 9.62 Å². The molecule has 4 heterocycles. The van der Waals surface area contributed by atoms with Gasteiger partial charge in [-0.05, 0) is 45.7 Å². The Labute approximate surface area is 211 Å². The van der Waals surface area contributed by atoms with Crippen molar-refractivity contribution in [3.8, 4) is 11.1 Å². The van der Waals surface area contributed by atoms with E-state index in [0.717, 1.165) is 54.0 Å². The maximum absolute atomic E-state index is 12.2. The zero-order valence-electron chi connectivity index (χ0n) is 21.3. The molecule has 1 aromatic carbocycles. The molecule has 1 fully saturated rings. The summed E-state index contributed by atoms with van der Waals surface area (Å²) in [7, 11) is -1.50. The summed E-state index contributed by atoms with van der Waals surface area (Å²) in [5.74, 6) is 1.30. The molecule has 1 N–H and O–H groups in total. The van der Waals surface area contributed by atoms with Crippen LogP contribution in [-0.2, 0) is 22.6 Å². The Morgan fingerprint density at radius 1 is 1.14 bits per heavy atom. The van der Waals surface area contributed by atoms with Crippen LogP contribution >= 0.6 is 0 Å². The molecule has 0 spiro atoms. The molecular formula is C25H32N8O2S. The monoisotopic (exact) mass is 508 g/mol. The molecule has 4 aromatic rings. The Morgan fingerprint density at radius 2 is 1.89 bits per heavy atom. The summed E-state index contributed by atoms with van der Waals surface area (Å²) >= 11 is 0. The van der Waals surface area contributed by atoms with E-state index in [9.17, 15) is 8.42 Å². The molecule has 1 saturated heterocycles. The van der Waals surface area contributed by atoms with Crippen LogP contribution in [0.25, 0.3) is 22.2 Å². The SMILES string of the molecule is Cn1cnnc1C1CCN(c2c(NS(C)(=O)=O)cccc2-c2cnc3nn(C(C)(C)C)cc3c2)CC1. The summed E-state index contributed by atoms with van der Waals surface area (Å²) in [5.41, 5.74) is 3.81. The largest absolute Gasteiger partial charge is 0.369 e. The van der Waals surface area contributed by atoms with E-state index in [1.807, 2.05) is 46.9 Å². The Hall–Kier alpha value is -3.47. The predicted octanol–water partition coefficient (Wildman–Crippen LogP) is 3.74. The van der Waals surface area contributed by atoms with Gasteiger partial charge in [0.2, 0.25) is 10.0 Å². The summed E-state index contributed by atoms with van der Waals surface area (Å²) in [6, 6.07) is 7.79. The van der Waals surface area contributed by atoms with Crippen molar-refractivity contribution in [2.75, 3.05) is 29.0 Å². The molecular weight excluding hydrogens is 476 g/mol. The fourth-order valence-corrected chi connectivity index (χ4v) is 5.39. The number of hydrogen-bond acceptors (Lipinski definition) is 7. The number of rotatable bonds is 5. The number of hydrogen-bond donors (Lipinski definition) is 1. The fourth-order valence-electron chi connectivity index (χ4n) is 4.83. The van der Waals surface area contributed by atoms with Gasteiger partial charge in [-0.1, -0.05) is 12.1 Å². The quantitative estimate of drug-likeness (QED) is 0.437. The number of fused-ring (bicyclic) bond motifs is 1. The number of aryl methyl sites for hydroxylation is 1. The van der Waals surface area contributed by atoms with Gasteiger partial charge in [0.1, 0.15) is 12.2 Å². The first-order valence-electron chi connectivity index (χ1n) is 12.1. The van der Waals surface area contributed by atoms with Crippen molar-refractivity contribution in [2.45, 2.75) is 45.1 Å². The van der Waals surface area contributed by atoms with Gasteiger partial charge in [-0.3, -0.25) is 9.40 Å². The molecule has 11 heteroatoms. The number of para-hydroxylation sites is 1. The summed E-state index contributed by atoms with van der Waals surface area (Å²) < 4.78 is 31.1. The first kappa shape index (κ1) is 24.2. The lowest BCUT2D eigenvalue weighted by Crippen LogP contribution is -2.34. The van der Waals surface area contributed by atoms with E-state index in [-0.39, 0.29) is 5.54 Å². The highest BCUT2D eigenvalue weighted by Crippen LogP contribution is 2.41. The molecule has 1 aliphatic heterocycles. The second-order valence-electron chi connectivity index (χ2n) is 10.5. The third-order valence-corrected chi connectivity index (χ3v) is 7.20. The number of pyridine rings is 1. The molecule has 0 unspecified atom stereocenters. The van der Waals surface area contributed by atoms with E-state index in [4.69, 9.17) is 0 Å². The van der Waals surface area contributed by atoms with Gasteiger partial charge in [0.15, 0.2) is 5.65 Å². The average Bonchev–Trinajstić information content (AvgIpc) is 3.44. The molecule has 1 aliphatic rings. The first-order valence-corrected chi connectivity index (χ1v) is 13.9. The molecule has 0 bridgehead atoms. The van der Waals surface area contributed by atoms with Crippen LogP contribution in [-0.4, -0.2) is 57.3 Å². The van der Waals surface area contributed by atoms with Crippen LogP contribution in [0.4, 0.5) is 11.4 Å². The number of benzene rings is 1. The lowest BCUT2D eigenvalue weighted by atomic mass is 9.94. The molecule has 0 radical (unpaired) electrons. The van der Waals surface area contributed by atoms with Gasteiger partial charge in [-0.2, -0.15) is 5.10 Å². The normalized spacial score (nSPS) is 15.5. The molecule has 5 rings (SSSR count). The lowest BCUT2D eigenvalue weighted by molar-refractivity contribution is 0.358. The van der Waals surface area contributed by atoms with Crippen molar-refractivity contribution < 1.29 is 8.42 Å². The van der Waals surface area contributed by atoms with E-state index >= 15 is 0 Å². The highest BCUT2D eigenvalue weighted by atomic mass is 32.2. The van der Waals surface area contributed by atoms with Gasteiger partial charge < -0.3 is 9.47 Å². The van der Waals surface area contributed by atoms with E-state index < -0.39 is 10.0 Å². The maximum atomic E-state index is 12.2. The summed E-state index contributed by atoms with van der Waals surface area (Å²) in [5, 5.41) is 13.9. The number of piperidine rings is 1. The summed E-state index contributed by atoms with van der Waals surface area (Å²) in [6.07, 6.45) is 8.53. The second kappa shape index (κ2) is 8.88. The zero-order chi connectivity index (χ0) is 25.7. The Balaban J connectivity index is 1.55. The molecule has 0 amide bonds. The van der Waals surface area contributed by atoms with Crippen LogP contribution in [0, 0.1) is 0 Å². The topological polar surface area (TPSA) is 111 Å². The lowest BCUT2D eigenvalue weighted by Gasteiger charge is -2.35. The van der Waals surface area contributed by atoms with Crippen molar-refractivity contribution in [1.29, 1.82) is 0 Å². The van der Waals surface area contributed by atoms with Gasteiger partial charge in [0, 0.05) is 55.0 Å². The van der Waals surface area contributed by atoms with Crippen molar-refractivity contribution >= 4 is 32.4 Å². The minimum atomic E-state index is -3.46. The molecule has 190 valence electrons. The number of nitrogens with zero attached hydrogens (tertiary/aromatic N) is 7. The molecule has 36 heavy (non-hydrogen) atoms. The smallest absolute Gasteiger partial charge is 0.229 e. The third-order valence-electron chi connectivity index (χ3n) is 6.61. The van der Waals surface area contributed by atoms with Crippen LogP contribution in [0.3, 0.4) is 0 Å². The average molecular weight is 509 g/mol. The van der Waals surface area contributed by atoms with Crippen molar-refractivity contribution in [3.05, 3.63) is 48.8 Å². The van der Waals surface area contributed by atoms with Crippen molar-refractivity contribution in [2.24, 2.45) is 7.05 Å². The summed E-state index contributed by atoms with van der Waals surface area (Å²) in [4.78, 5) is 6.89. The van der Waals surface area contributed by atoms with E-state index in [1.54, 1.807) is 6.33 Å². The highest BCUT2D eigenvalue weighted by Gasteiger charge is 2.27. The highest BCUT2D eigenvalue weighted by molar-refractivity contribution is 7.92. The van der Waals surface area contributed by atoms with E-state index in [2.05, 4.69) is 56.7 Å². The van der Waals surface area contributed by atoms with Gasteiger partial charge >= 0.3 is 0 Å². The minimum Gasteiger partial charge on any atom is -0.369 e. The number of aromatic nitrogens is 6. The first-order chi connectivity index (χ1) is 17.0. The summed E-state index contributed by atoms with van der Waals surface area (Å²) in [6.45, 7) is 7.84. The van der Waals surface area contributed by atoms with Crippen LogP contribution in [0.2, 0.25) is 0 Å². The van der Waals surface area contributed by atoms with Crippen LogP contribution in [0.15, 0.2) is 43.0 Å². The molecule has 0 saturated carbocycles. The third kappa shape index (κ3) is 4.79. The number of nitrogens with one attached hydrogen (secondary N) is 1. The van der Waals surface area contributed by atoms with Gasteiger partial charge in [-0.15, -0.1) is 10.2 Å². The Kier molecular flexibility index (Phi) is 5.98. The maximum Gasteiger partial charge on any atom is 0.229 e. The Bertz CT molecular complexity index is 1510. The van der Waals surface area contributed by atoms with Crippen molar-refractivity contribution in [1.82, 2.24) is 29.5 Å². The fraction of sp³-hybridized carbons (Fsp3) is 0.440. The van der Waals surface area contributed by atoms with Crippen molar-refractivity contribution in [3.63, 3.8) is 0 Å². The molecule has 3 aromatic heterocycles. The van der Waals surface area contributed by atoms with Gasteiger partial charge in [0.05, 0.1) is 23.2 Å². The van der Waals surface area contributed by atoms with E-state index in [0.29, 0.717) is 17.3 Å². The molecule has 0 atom stereocenters. The zero-order valence-corrected chi connectivity index (χ0v) is 22.1. The number of sulfonamides is 1. The second-order valence-corrected chi connectivity index (χ2v) is 12.3. The van der Waals surface area contributed by atoms with Gasteiger partial charge in [-0.25, -0.2) is 13.4 Å². The van der Waals surface area contributed by atoms with Gasteiger partial charge in [0.25, 0.3) is 0 Å².